The number of aliphatic hydroxyl groups is 1. The molecule has 0 unspecified atom stereocenters. The van der Waals surface area contributed by atoms with E-state index in [-0.39, 0.29) is 25.0 Å². The average molecular weight is 618 g/mol. The zero-order valence-corrected chi connectivity index (χ0v) is 25.3. The molecule has 4 heterocycles. The number of benzene rings is 1. The molecule has 1 saturated heterocycles. The van der Waals surface area contributed by atoms with Gasteiger partial charge in [0.15, 0.2) is 5.82 Å². The minimum atomic E-state index is -0.414. The number of carbonyl (C=O) groups excluding carboxylic acids is 1. The summed E-state index contributed by atoms with van der Waals surface area (Å²) in [5.41, 5.74) is 2.21. The number of pyridine rings is 1. The number of guanidine groups is 1. The molecule has 11 nitrogen and oxygen atoms in total. The molecule has 0 atom stereocenters. The summed E-state index contributed by atoms with van der Waals surface area (Å²) in [5.74, 6) is 0.868. The number of halogens is 2. The molecular formula is C29H34Cl2N6O5. The van der Waals surface area contributed by atoms with E-state index in [2.05, 4.69) is 5.32 Å². The van der Waals surface area contributed by atoms with Gasteiger partial charge in [-0.25, -0.2) is 0 Å². The number of nitrogens with zero attached hydrogens (tertiary/aromatic N) is 5. The van der Waals surface area contributed by atoms with Gasteiger partial charge in [0.2, 0.25) is 5.96 Å². The van der Waals surface area contributed by atoms with Crippen LogP contribution < -0.4 is 15.7 Å². The SMILES string of the molecule is CN(CCO)C(=O)c1cc(NC2=Nc3c(cc(-c4c(Cl)cccc4Cl)c(=O)n3OCC3CCOCC3)CN2C)cn1C. The van der Waals surface area contributed by atoms with E-state index in [9.17, 15) is 14.7 Å². The van der Waals surface area contributed by atoms with Crippen LogP contribution in [0.15, 0.2) is 46.3 Å². The number of aryl methyl sites for hydroxylation is 1. The highest BCUT2D eigenvalue weighted by atomic mass is 35.5. The smallest absolute Gasteiger partial charge is 0.293 e. The summed E-state index contributed by atoms with van der Waals surface area (Å²) in [6.45, 7) is 2.16. The molecule has 224 valence electrons. The van der Waals surface area contributed by atoms with Gasteiger partial charge in [0.1, 0.15) is 12.3 Å². The number of nitrogens with one attached hydrogen (secondary N) is 1. The number of hydrogen-bond donors (Lipinski definition) is 2. The number of amides is 1. The second-order valence-electron chi connectivity index (χ2n) is 10.5. The molecule has 0 spiro atoms. The van der Waals surface area contributed by atoms with Crippen molar-refractivity contribution in [1.82, 2.24) is 19.1 Å². The van der Waals surface area contributed by atoms with Crippen molar-refractivity contribution in [2.24, 2.45) is 18.0 Å². The van der Waals surface area contributed by atoms with Crippen LogP contribution in [0.1, 0.15) is 28.9 Å². The minimum Gasteiger partial charge on any atom is -0.408 e. The first kappa shape index (κ1) is 30.0. The zero-order valence-electron chi connectivity index (χ0n) is 23.8. The van der Waals surface area contributed by atoms with Gasteiger partial charge in [-0.1, -0.05) is 29.3 Å². The number of likely N-dealkylation sites (N-methyl/N-ethyl adjacent to an activating group) is 1. The molecule has 2 aromatic heterocycles. The van der Waals surface area contributed by atoms with Crippen molar-refractivity contribution < 1.29 is 19.5 Å². The van der Waals surface area contributed by atoms with Crippen LogP contribution in [-0.4, -0.2) is 83.1 Å². The Bertz CT molecular complexity index is 1540. The van der Waals surface area contributed by atoms with Crippen LogP contribution in [0.3, 0.4) is 0 Å². The highest BCUT2D eigenvalue weighted by Crippen LogP contribution is 2.36. The number of carbonyl (C=O) groups is 1. The fourth-order valence-corrected chi connectivity index (χ4v) is 5.68. The Kier molecular flexibility index (Phi) is 9.12. The molecule has 2 aliphatic heterocycles. The van der Waals surface area contributed by atoms with Crippen LogP contribution in [0.2, 0.25) is 10.0 Å². The normalized spacial score (nSPS) is 15.3. The quantitative estimate of drug-likeness (QED) is 0.397. The summed E-state index contributed by atoms with van der Waals surface area (Å²) < 4.78 is 8.44. The molecule has 13 heteroatoms. The highest BCUT2D eigenvalue weighted by molar-refractivity contribution is 6.39. The Morgan fingerprint density at radius 2 is 1.93 bits per heavy atom. The molecule has 0 radical (unpaired) electrons. The van der Waals surface area contributed by atoms with E-state index in [4.69, 9.17) is 37.8 Å². The summed E-state index contributed by atoms with van der Waals surface area (Å²) in [6, 6.07) is 8.62. The lowest BCUT2D eigenvalue weighted by Crippen LogP contribution is -2.39. The van der Waals surface area contributed by atoms with Gasteiger partial charge in [-0.05, 0) is 43.0 Å². The topological polar surface area (TPSA) is 114 Å². The Balaban J connectivity index is 1.53. The maximum atomic E-state index is 13.9. The lowest BCUT2D eigenvalue weighted by atomic mass is 10.0. The standard InChI is InChI=1S/C29H34Cl2N6O5/c1-34(9-10-38)28(40)24-14-20(16-35(24)2)32-29-33-26-19(15-36(29)3)13-21(25-22(30)5-4-6-23(25)31)27(39)37(26)42-17-18-7-11-41-12-8-18/h4-6,13-14,16,18,38H,7-12,15,17H2,1-3H3,(H,32,33). The zero-order chi connectivity index (χ0) is 30.0. The summed E-state index contributed by atoms with van der Waals surface area (Å²) in [7, 11) is 5.29. The third kappa shape index (κ3) is 6.14. The maximum Gasteiger partial charge on any atom is 0.293 e. The van der Waals surface area contributed by atoms with Crippen molar-refractivity contribution in [2.45, 2.75) is 19.4 Å². The van der Waals surface area contributed by atoms with Crippen molar-refractivity contribution in [2.75, 3.05) is 52.4 Å². The van der Waals surface area contributed by atoms with Gasteiger partial charge in [0.05, 0.1) is 27.9 Å². The predicted molar refractivity (Wildman–Crippen MR) is 163 cm³/mol. The Morgan fingerprint density at radius 3 is 2.62 bits per heavy atom. The van der Waals surface area contributed by atoms with Gasteiger partial charge in [-0.15, -0.1) is 4.73 Å². The molecule has 0 aliphatic carbocycles. The Labute approximate surface area is 253 Å². The monoisotopic (exact) mass is 616 g/mol. The van der Waals surface area contributed by atoms with Crippen molar-refractivity contribution in [3.8, 4) is 11.1 Å². The number of ether oxygens (including phenoxy) is 1. The van der Waals surface area contributed by atoms with Gasteiger partial charge < -0.3 is 34.4 Å². The van der Waals surface area contributed by atoms with Crippen LogP contribution >= 0.6 is 23.2 Å². The Hall–Kier alpha value is -3.51. The second kappa shape index (κ2) is 12.8. The third-order valence-electron chi connectivity index (χ3n) is 7.47. The number of aliphatic hydroxyl groups excluding tert-OH is 1. The molecule has 1 fully saturated rings. The van der Waals surface area contributed by atoms with Crippen molar-refractivity contribution in [1.29, 1.82) is 0 Å². The van der Waals surface area contributed by atoms with Gasteiger partial charge in [0, 0.05) is 64.8 Å². The number of hydrogen-bond acceptors (Lipinski definition) is 8. The molecule has 1 amide bonds. The summed E-state index contributed by atoms with van der Waals surface area (Å²) in [5, 5.41) is 13.2. The largest absolute Gasteiger partial charge is 0.408 e. The lowest BCUT2D eigenvalue weighted by molar-refractivity contribution is 0.0133. The van der Waals surface area contributed by atoms with Crippen LogP contribution in [0.25, 0.3) is 11.1 Å². The summed E-state index contributed by atoms with van der Waals surface area (Å²) in [6.07, 6.45) is 3.46. The average Bonchev–Trinajstić information content (AvgIpc) is 3.33. The fraction of sp³-hybridized carbons (Fsp3) is 0.414. The van der Waals surface area contributed by atoms with E-state index < -0.39 is 5.56 Å². The maximum absolute atomic E-state index is 13.9. The van der Waals surface area contributed by atoms with Crippen LogP contribution in [0.4, 0.5) is 11.5 Å². The molecular weight excluding hydrogens is 583 g/mol. The van der Waals surface area contributed by atoms with E-state index in [0.29, 0.717) is 70.7 Å². The highest BCUT2D eigenvalue weighted by Gasteiger charge is 2.27. The van der Waals surface area contributed by atoms with Crippen LogP contribution in [-0.2, 0) is 18.3 Å². The third-order valence-corrected chi connectivity index (χ3v) is 8.10. The van der Waals surface area contributed by atoms with Gasteiger partial charge in [-0.3, -0.25) is 9.59 Å². The van der Waals surface area contributed by atoms with Crippen molar-refractivity contribution in [3.05, 3.63) is 68.2 Å². The second-order valence-corrected chi connectivity index (χ2v) is 11.4. The van der Waals surface area contributed by atoms with E-state index in [0.717, 1.165) is 18.4 Å². The van der Waals surface area contributed by atoms with Crippen molar-refractivity contribution >= 4 is 46.6 Å². The molecule has 0 bridgehead atoms. The first-order valence-corrected chi connectivity index (χ1v) is 14.5. The summed E-state index contributed by atoms with van der Waals surface area (Å²) >= 11 is 13.0. The first-order chi connectivity index (χ1) is 20.2. The first-order valence-electron chi connectivity index (χ1n) is 13.7. The number of rotatable bonds is 8. The number of fused-ring (bicyclic) bond motifs is 1. The van der Waals surface area contributed by atoms with E-state index in [1.54, 1.807) is 55.2 Å². The number of aromatic nitrogens is 2. The lowest BCUT2D eigenvalue weighted by Gasteiger charge is -2.29. The van der Waals surface area contributed by atoms with Gasteiger partial charge in [-0.2, -0.15) is 4.99 Å². The number of anilines is 1. The van der Waals surface area contributed by atoms with Gasteiger partial charge in [0.25, 0.3) is 11.5 Å². The molecule has 5 rings (SSSR count). The molecule has 3 aromatic rings. The van der Waals surface area contributed by atoms with Crippen LogP contribution in [0, 0.1) is 5.92 Å². The van der Waals surface area contributed by atoms with E-state index >= 15 is 0 Å². The molecule has 1 aromatic carbocycles. The Morgan fingerprint density at radius 1 is 1.21 bits per heavy atom. The van der Waals surface area contributed by atoms with Crippen molar-refractivity contribution in [3.63, 3.8) is 0 Å². The van der Waals surface area contributed by atoms with E-state index in [1.165, 1.54) is 9.63 Å². The molecule has 42 heavy (non-hydrogen) atoms. The predicted octanol–water partition coefficient (Wildman–Crippen LogP) is 3.63. The molecule has 2 N–H and O–H groups in total. The van der Waals surface area contributed by atoms with E-state index in [1.807, 2.05) is 11.9 Å². The number of aliphatic imine (C=N–C) groups is 1. The molecule has 2 aliphatic rings. The molecule has 0 saturated carbocycles. The minimum absolute atomic E-state index is 0.124. The van der Waals surface area contributed by atoms with Gasteiger partial charge >= 0.3 is 0 Å². The van der Waals surface area contributed by atoms with Crippen LogP contribution in [0.5, 0.6) is 0 Å². The summed E-state index contributed by atoms with van der Waals surface area (Å²) in [4.78, 5) is 41.1. The fourth-order valence-electron chi connectivity index (χ4n) is 5.08.